The summed E-state index contributed by atoms with van der Waals surface area (Å²) < 4.78 is 0. The van der Waals surface area contributed by atoms with Crippen molar-refractivity contribution in [2.24, 2.45) is 0 Å². The number of hydrogen-bond acceptors (Lipinski definition) is 4. The maximum atomic E-state index is 10.9. The first-order valence-corrected chi connectivity index (χ1v) is 6.34. The van der Waals surface area contributed by atoms with Crippen molar-refractivity contribution < 1.29 is 15.1 Å². The van der Waals surface area contributed by atoms with Gasteiger partial charge in [-0.05, 0) is 35.6 Å². The molecule has 5 nitrogen and oxygen atoms in total. The van der Waals surface area contributed by atoms with Gasteiger partial charge in [-0.25, -0.2) is 5.48 Å². The number of carbonyl (C=O) groups excluding carboxylic acids is 1. The van der Waals surface area contributed by atoms with Crippen LogP contribution in [0, 0.1) is 0 Å². The van der Waals surface area contributed by atoms with E-state index in [1.165, 1.54) is 17.2 Å². The molecular formula is C14H18N2O3. The van der Waals surface area contributed by atoms with Gasteiger partial charge in [0, 0.05) is 18.7 Å². The number of nitrogens with one attached hydrogen (secondary N) is 2. The highest BCUT2D eigenvalue weighted by Crippen LogP contribution is 2.31. The minimum absolute atomic E-state index is 0.142. The number of aliphatic hydroxyl groups excluding tert-OH is 1. The first-order valence-electron chi connectivity index (χ1n) is 6.34. The predicted molar refractivity (Wildman–Crippen MR) is 71.6 cm³/mol. The highest BCUT2D eigenvalue weighted by Gasteiger charge is 2.21. The normalized spacial score (nSPS) is 17.7. The number of benzene rings is 1. The Bertz CT molecular complexity index is 486. The Morgan fingerprint density at radius 3 is 3.05 bits per heavy atom. The van der Waals surface area contributed by atoms with Gasteiger partial charge in [-0.2, -0.15) is 0 Å². The Labute approximate surface area is 111 Å². The number of carbonyl (C=O) groups is 1. The quantitative estimate of drug-likeness (QED) is 0.359. The van der Waals surface area contributed by atoms with Gasteiger partial charge in [0.1, 0.15) is 0 Å². The second-order valence-corrected chi connectivity index (χ2v) is 4.54. The first kappa shape index (κ1) is 13.7. The van der Waals surface area contributed by atoms with Crippen molar-refractivity contribution in [3.05, 3.63) is 41.0 Å². The van der Waals surface area contributed by atoms with E-state index in [4.69, 9.17) is 10.3 Å². The molecule has 19 heavy (non-hydrogen) atoms. The summed E-state index contributed by atoms with van der Waals surface area (Å²) in [6.45, 7) is 0.741. The van der Waals surface area contributed by atoms with Crippen LogP contribution in [-0.2, 0) is 11.2 Å². The molecule has 1 amide bonds. The molecule has 1 aromatic rings. The van der Waals surface area contributed by atoms with E-state index >= 15 is 0 Å². The van der Waals surface area contributed by atoms with Crippen LogP contribution < -0.4 is 10.8 Å². The Kier molecular flexibility index (Phi) is 4.68. The highest BCUT2D eigenvalue weighted by molar-refractivity contribution is 5.90. The summed E-state index contributed by atoms with van der Waals surface area (Å²) in [4.78, 5) is 10.9. The van der Waals surface area contributed by atoms with Crippen molar-refractivity contribution in [3.63, 3.8) is 0 Å². The predicted octanol–water partition coefficient (Wildman–Crippen LogP) is 0.774. The lowest BCUT2D eigenvalue weighted by molar-refractivity contribution is -0.124. The van der Waals surface area contributed by atoms with Gasteiger partial charge in [0.25, 0.3) is 5.91 Å². The first-order chi connectivity index (χ1) is 9.24. The zero-order chi connectivity index (χ0) is 13.7. The third kappa shape index (κ3) is 3.41. The number of aryl methyl sites for hydroxylation is 1. The molecule has 0 fully saturated rings. The fraction of sp³-hybridized carbons (Fsp3) is 0.357. The van der Waals surface area contributed by atoms with Crippen LogP contribution in [0.2, 0.25) is 0 Å². The van der Waals surface area contributed by atoms with Gasteiger partial charge >= 0.3 is 0 Å². The summed E-state index contributed by atoms with van der Waals surface area (Å²) >= 11 is 0. The molecule has 0 aromatic heterocycles. The number of hydrogen-bond donors (Lipinski definition) is 4. The molecule has 0 radical (unpaired) electrons. The lowest BCUT2D eigenvalue weighted by atomic mass is 10.0. The second kappa shape index (κ2) is 6.47. The summed E-state index contributed by atoms with van der Waals surface area (Å²) in [6.07, 6.45) is 4.98. The van der Waals surface area contributed by atoms with E-state index in [1.807, 2.05) is 12.1 Å². The molecule has 0 aliphatic heterocycles. The van der Waals surface area contributed by atoms with Crippen molar-refractivity contribution >= 4 is 12.0 Å². The van der Waals surface area contributed by atoms with Gasteiger partial charge < -0.3 is 10.4 Å². The topological polar surface area (TPSA) is 81.6 Å². The average Bonchev–Trinajstić information content (AvgIpc) is 2.84. The molecule has 1 unspecified atom stereocenters. The van der Waals surface area contributed by atoms with Gasteiger partial charge in [-0.3, -0.25) is 10.0 Å². The molecule has 1 aliphatic rings. The number of amides is 1. The Hall–Kier alpha value is -1.69. The van der Waals surface area contributed by atoms with E-state index in [0.29, 0.717) is 12.6 Å². The second-order valence-electron chi connectivity index (χ2n) is 4.54. The van der Waals surface area contributed by atoms with Crippen molar-refractivity contribution in [2.45, 2.75) is 18.9 Å². The van der Waals surface area contributed by atoms with E-state index in [1.54, 1.807) is 11.6 Å². The minimum atomic E-state index is -0.539. The molecule has 2 rings (SSSR count). The molecule has 0 saturated heterocycles. The average molecular weight is 262 g/mol. The van der Waals surface area contributed by atoms with Crippen LogP contribution in [0.5, 0.6) is 0 Å². The summed E-state index contributed by atoms with van der Waals surface area (Å²) in [5.41, 5.74) is 5.02. The summed E-state index contributed by atoms with van der Waals surface area (Å²) in [7, 11) is 0. The molecular weight excluding hydrogens is 244 g/mol. The lowest BCUT2D eigenvalue weighted by Gasteiger charge is -2.13. The Morgan fingerprint density at radius 1 is 1.47 bits per heavy atom. The zero-order valence-corrected chi connectivity index (χ0v) is 10.6. The van der Waals surface area contributed by atoms with Crippen LogP contribution in [0.3, 0.4) is 0 Å². The molecule has 1 atom stereocenters. The summed E-state index contributed by atoms with van der Waals surface area (Å²) in [6, 6.07) is 6.35. The number of fused-ring (bicyclic) bond motifs is 1. The van der Waals surface area contributed by atoms with Crippen LogP contribution in [0.15, 0.2) is 24.3 Å². The van der Waals surface area contributed by atoms with Crippen LogP contribution in [-0.4, -0.2) is 29.4 Å². The van der Waals surface area contributed by atoms with Crippen LogP contribution in [0.4, 0.5) is 0 Å². The van der Waals surface area contributed by atoms with E-state index in [2.05, 4.69) is 11.4 Å². The molecule has 0 heterocycles. The SMILES string of the molecule is O=C(/C=C/c1ccc2c(c1)CCC2NCCO)NO. The van der Waals surface area contributed by atoms with Crippen molar-refractivity contribution in [3.8, 4) is 0 Å². The standard InChI is InChI=1S/C14H18N2O3/c17-8-7-15-13-5-3-11-9-10(1-4-12(11)13)2-6-14(18)16-19/h1-2,4,6,9,13,15,17,19H,3,5,7-8H2,(H,16,18)/b6-2+. The van der Waals surface area contributed by atoms with E-state index < -0.39 is 5.91 Å². The van der Waals surface area contributed by atoms with Crippen LogP contribution in [0.1, 0.15) is 29.2 Å². The Balaban J connectivity index is 2.09. The van der Waals surface area contributed by atoms with Gasteiger partial charge in [-0.15, -0.1) is 0 Å². The van der Waals surface area contributed by atoms with E-state index in [0.717, 1.165) is 18.4 Å². The molecule has 5 heteroatoms. The fourth-order valence-electron chi connectivity index (χ4n) is 2.40. The third-order valence-corrected chi connectivity index (χ3v) is 3.28. The largest absolute Gasteiger partial charge is 0.395 e. The van der Waals surface area contributed by atoms with E-state index in [-0.39, 0.29) is 6.61 Å². The lowest BCUT2D eigenvalue weighted by Crippen LogP contribution is -2.22. The molecule has 1 aliphatic carbocycles. The van der Waals surface area contributed by atoms with Crippen LogP contribution in [0.25, 0.3) is 6.08 Å². The van der Waals surface area contributed by atoms with Crippen molar-refractivity contribution in [1.82, 2.24) is 10.8 Å². The smallest absolute Gasteiger partial charge is 0.267 e. The fourth-order valence-corrected chi connectivity index (χ4v) is 2.40. The molecule has 0 spiro atoms. The van der Waals surface area contributed by atoms with Crippen LogP contribution >= 0.6 is 0 Å². The zero-order valence-electron chi connectivity index (χ0n) is 10.6. The molecule has 4 N–H and O–H groups in total. The third-order valence-electron chi connectivity index (χ3n) is 3.28. The highest BCUT2D eigenvalue weighted by atomic mass is 16.5. The van der Waals surface area contributed by atoms with Crippen molar-refractivity contribution in [1.29, 1.82) is 0 Å². The van der Waals surface area contributed by atoms with Gasteiger partial charge in [0.05, 0.1) is 6.61 Å². The number of aliphatic hydroxyl groups is 1. The van der Waals surface area contributed by atoms with Gasteiger partial charge in [0.15, 0.2) is 0 Å². The summed E-state index contributed by atoms with van der Waals surface area (Å²) in [5, 5.41) is 20.5. The monoisotopic (exact) mass is 262 g/mol. The van der Waals surface area contributed by atoms with Gasteiger partial charge in [0.2, 0.25) is 0 Å². The molecule has 0 bridgehead atoms. The molecule has 0 saturated carbocycles. The number of rotatable bonds is 5. The summed E-state index contributed by atoms with van der Waals surface area (Å²) in [5.74, 6) is -0.539. The maximum Gasteiger partial charge on any atom is 0.267 e. The Morgan fingerprint density at radius 2 is 2.32 bits per heavy atom. The maximum absolute atomic E-state index is 10.9. The van der Waals surface area contributed by atoms with E-state index in [9.17, 15) is 4.79 Å². The van der Waals surface area contributed by atoms with Gasteiger partial charge in [-0.1, -0.05) is 18.2 Å². The number of hydroxylamine groups is 1. The molecule has 102 valence electrons. The minimum Gasteiger partial charge on any atom is -0.395 e. The molecule has 1 aromatic carbocycles. The van der Waals surface area contributed by atoms with Crippen molar-refractivity contribution in [2.75, 3.05) is 13.2 Å².